The largest absolute Gasteiger partial charge is 0.468 e. The van der Waals surface area contributed by atoms with Gasteiger partial charge in [-0.2, -0.15) is 8.78 Å². The van der Waals surface area contributed by atoms with Crippen LogP contribution in [0.15, 0.2) is 47.1 Å². The summed E-state index contributed by atoms with van der Waals surface area (Å²) in [6.45, 7) is -2.06. The molecule has 2 N–H and O–H groups in total. The second-order valence-corrected chi connectivity index (χ2v) is 4.66. The Bertz CT molecular complexity index is 546. The molecule has 0 saturated heterocycles. The normalized spacial score (nSPS) is 12.9. The van der Waals surface area contributed by atoms with Crippen LogP contribution in [0.5, 0.6) is 5.75 Å². The number of halogens is 2. The fraction of sp³-hybridized carbons (Fsp3) is 0.333. The molecule has 2 aromatic rings. The van der Waals surface area contributed by atoms with Crippen molar-refractivity contribution in [3.05, 3.63) is 54.0 Å². The summed E-state index contributed by atoms with van der Waals surface area (Å²) in [4.78, 5) is 1.94. The van der Waals surface area contributed by atoms with Gasteiger partial charge in [-0.1, -0.05) is 18.2 Å². The minimum atomic E-state index is -2.86. The van der Waals surface area contributed by atoms with Gasteiger partial charge >= 0.3 is 6.61 Å². The summed E-state index contributed by atoms with van der Waals surface area (Å²) in [6.07, 6.45) is 1.59. The van der Waals surface area contributed by atoms with E-state index in [-0.39, 0.29) is 18.3 Å². The topological polar surface area (TPSA) is 51.6 Å². The Morgan fingerprint density at radius 3 is 2.62 bits per heavy atom. The van der Waals surface area contributed by atoms with Gasteiger partial charge in [0.2, 0.25) is 0 Å². The first-order valence-electron chi connectivity index (χ1n) is 6.58. The van der Waals surface area contributed by atoms with Crippen molar-refractivity contribution < 1.29 is 17.9 Å². The molecule has 0 aliphatic heterocycles. The first-order valence-corrected chi connectivity index (χ1v) is 6.58. The molecule has 0 saturated carbocycles. The van der Waals surface area contributed by atoms with Crippen molar-refractivity contribution in [1.82, 2.24) is 4.90 Å². The maximum Gasteiger partial charge on any atom is 0.387 e. The highest BCUT2D eigenvalue weighted by Gasteiger charge is 2.21. The van der Waals surface area contributed by atoms with Gasteiger partial charge < -0.3 is 14.9 Å². The summed E-state index contributed by atoms with van der Waals surface area (Å²) in [6, 6.07) is 10.1. The predicted molar refractivity (Wildman–Crippen MR) is 75.0 cm³/mol. The number of alkyl halides is 2. The molecule has 0 aliphatic carbocycles. The van der Waals surface area contributed by atoms with Crippen LogP contribution >= 0.6 is 0 Å². The Morgan fingerprint density at radius 1 is 1.24 bits per heavy atom. The summed E-state index contributed by atoms with van der Waals surface area (Å²) >= 11 is 0. The highest BCUT2D eigenvalue weighted by Crippen LogP contribution is 2.30. The summed E-state index contributed by atoms with van der Waals surface area (Å²) in [7, 11) is 1.86. The number of hydrogen-bond acceptors (Lipinski definition) is 4. The van der Waals surface area contributed by atoms with Crippen LogP contribution in [-0.4, -0.2) is 25.1 Å². The van der Waals surface area contributed by atoms with Crippen LogP contribution in [0.3, 0.4) is 0 Å². The average Bonchev–Trinajstić information content (AvgIpc) is 2.93. The third kappa shape index (κ3) is 4.03. The molecule has 4 nitrogen and oxygen atoms in total. The number of nitrogens with two attached hydrogens (primary N) is 1. The van der Waals surface area contributed by atoms with E-state index in [1.165, 1.54) is 6.07 Å². The second kappa shape index (κ2) is 7.19. The molecule has 0 spiro atoms. The minimum Gasteiger partial charge on any atom is -0.468 e. The molecule has 0 aliphatic rings. The highest BCUT2D eigenvalue weighted by molar-refractivity contribution is 5.36. The van der Waals surface area contributed by atoms with Gasteiger partial charge in [0.25, 0.3) is 0 Å². The molecule has 0 fully saturated rings. The predicted octanol–water partition coefficient (Wildman–Crippen LogP) is 3.01. The lowest BCUT2D eigenvalue weighted by Crippen LogP contribution is -2.30. The van der Waals surface area contributed by atoms with E-state index < -0.39 is 6.61 Å². The standard InChI is InChI=1S/C15H18F2N2O2/c1-19(10-11-5-4-8-20-11)13(9-18)12-6-2-3-7-14(12)21-15(16)17/h2-8,13,15H,9-10,18H2,1H3. The minimum absolute atomic E-state index is 0.147. The first-order chi connectivity index (χ1) is 10.1. The van der Waals surface area contributed by atoms with Crippen LogP contribution in [0.2, 0.25) is 0 Å². The third-order valence-corrected chi connectivity index (χ3v) is 3.23. The lowest BCUT2D eigenvalue weighted by Gasteiger charge is -2.28. The maximum absolute atomic E-state index is 12.5. The van der Waals surface area contributed by atoms with Crippen LogP contribution in [0.1, 0.15) is 17.4 Å². The van der Waals surface area contributed by atoms with E-state index in [9.17, 15) is 8.78 Å². The molecule has 1 heterocycles. The second-order valence-electron chi connectivity index (χ2n) is 4.66. The van der Waals surface area contributed by atoms with Gasteiger partial charge in [-0.05, 0) is 25.2 Å². The molecule has 0 bridgehead atoms. The van der Waals surface area contributed by atoms with Gasteiger partial charge in [-0.3, -0.25) is 4.90 Å². The smallest absolute Gasteiger partial charge is 0.387 e. The van der Waals surface area contributed by atoms with E-state index in [0.29, 0.717) is 12.1 Å². The number of benzene rings is 1. The van der Waals surface area contributed by atoms with Gasteiger partial charge in [0, 0.05) is 12.1 Å². The Morgan fingerprint density at radius 2 is 2.00 bits per heavy atom. The van der Waals surface area contributed by atoms with E-state index in [0.717, 1.165) is 5.76 Å². The van der Waals surface area contributed by atoms with Crippen molar-refractivity contribution >= 4 is 0 Å². The lowest BCUT2D eigenvalue weighted by molar-refractivity contribution is -0.0511. The van der Waals surface area contributed by atoms with E-state index in [4.69, 9.17) is 10.2 Å². The molecule has 1 aromatic heterocycles. The zero-order valence-electron chi connectivity index (χ0n) is 11.7. The Kier molecular flexibility index (Phi) is 5.30. The molecule has 114 valence electrons. The fourth-order valence-electron chi connectivity index (χ4n) is 2.26. The zero-order valence-corrected chi connectivity index (χ0v) is 11.7. The van der Waals surface area contributed by atoms with Crippen LogP contribution in [0.25, 0.3) is 0 Å². The van der Waals surface area contributed by atoms with Crippen molar-refractivity contribution in [1.29, 1.82) is 0 Å². The van der Waals surface area contributed by atoms with Crippen LogP contribution in [-0.2, 0) is 6.54 Å². The molecule has 21 heavy (non-hydrogen) atoms. The van der Waals surface area contributed by atoms with E-state index in [2.05, 4.69) is 4.74 Å². The highest BCUT2D eigenvalue weighted by atomic mass is 19.3. The average molecular weight is 296 g/mol. The number of hydrogen-bond donors (Lipinski definition) is 1. The van der Waals surface area contributed by atoms with Crippen molar-refractivity contribution in [3.8, 4) is 5.75 Å². The van der Waals surface area contributed by atoms with Gasteiger partial charge in [0.15, 0.2) is 0 Å². The molecular weight excluding hydrogens is 278 g/mol. The summed E-state index contributed by atoms with van der Waals surface area (Å²) in [5.74, 6) is 0.928. The molecule has 0 radical (unpaired) electrons. The van der Waals surface area contributed by atoms with Gasteiger partial charge in [-0.15, -0.1) is 0 Å². The zero-order chi connectivity index (χ0) is 15.2. The van der Waals surface area contributed by atoms with Gasteiger partial charge in [0.1, 0.15) is 11.5 Å². The molecule has 1 atom stereocenters. The molecule has 0 amide bonds. The first kappa shape index (κ1) is 15.5. The van der Waals surface area contributed by atoms with Crippen LogP contribution in [0.4, 0.5) is 8.78 Å². The summed E-state index contributed by atoms with van der Waals surface area (Å²) in [5, 5.41) is 0. The SMILES string of the molecule is CN(Cc1ccco1)C(CN)c1ccccc1OC(F)F. The Balaban J connectivity index is 2.20. The van der Waals surface area contributed by atoms with Crippen molar-refractivity contribution in [2.45, 2.75) is 19.2 Å². The molecule has 2 rings (SSSR count). The fourth-order valence-corrected chi connectivity index (χ4v) is 2.26. The van der Waals surface area contributed by atoms with E-state index in [1.54, 1.807) is 30.5 Å². The van der Waals surface area contributed by atoms with E-state index >= 15 is 0 Å². The lowest BCUT2D eigenvalue weighted by atomic mass is 10.0. The quantitative estimate of drug-likeness (QED) is 0.853. The number of para-hydroxylation sites is 1. The molecule has 1 unspecified atom stereocenters. The number of furan rings is 1. The Hall–Kier alpha value is -1.92. The van der Waals surface area contributed by atoms with Gasteiger partial charge in [-0.25, -0.2) is 0 Å². The van der Waals surface area contributed by atoms with Crippen molar-refractivity contribution in [3.63, 3.8) is 0 Å². The Labute approximate surface area is 122 Å². The van der Waals surface area contributed by atoms with Crippen molar-refractivity contribution in [2.24, 2.45) is 5.73 Å². The maximum atomic E-state index is 12.5. The van der Waals surface area contributed by atoms with Crippen molar-refractivity contribution in [2.75, 3.05) is 13.6 Å². The number of ether oxygens (including phenoxy) is 1. The summed E-state index contributed by atoms with van der Waals surface area (Å²) < 4.78 is 34.9. The third-order valence-electron chi connectivity index (χ3n) is 3.23. The number of nitrogens with zero attached hydrogens (tertiary/aromatic N) is 1. The molecule has 6 heteroatoms. The van der Waals surface area contributed by atoms with E-state index in [1.807, 2.05) is 18.0 Å². The van der Waals surface area contributed by atoms with Gasteiger partial charge in [0.05, 0.1) is 18.8 Å². The van der Waals surface area contributed by atoms with Crippen LogP contribution in [0, 0.1) is 0 Å². The molecular formula is C15H18F2N2O2. The monoisotopic (exact) mass is 296 g/mol. The molecule has 1 aromatic carbocycles. The van der Waals surface area contributed by atoms with Crippen LogP contribution < -0.4 is 10.5 Å². The number of likely N-dealkylation sites (N-methyl/N-ethyl adjacent to an activating group) is 1. The summed E-state index contributed by atoms with van der Waals surface area (Å²) in [5.41, 5.74) is 6.45. The number of rotatable bonds is 7.